The number of nitrogens with zero attached hydrogens (tertiary/aromatic N) is 3. The van der Waals surface area contributed by atoms with Gasteiger partial charge in [0, 0.05) is 20.2 Å². The van der Waals surface area contributed by atoms with E-state index >= 15 is 0 Å². The van der Waals surface area contributed by atoms with Crippen molar-refractivity contribution in [3.05, 3.63) is 28.1 Å². The number of fused-ring (bicyclic) bond motifs is 1. The van der Waals surface area contributed by atoms with E-state index in [-0.39, 0.29) is 31.2 Å². The van der Waals surface area contributed by atoms with E-state index in [1.165, 1.54) is 34.2 Å². The van der Waals surface area contributed by atoms with Crippen LogP contribution in [0.3, 0.4) is 0 Å². The van der Waals surface area contributed by atoms with E-state index in [0.29, 0.717) is 29.6 Å². The number of rotatable bonds is 5. The van der Waals surface area contributed by atoms with Gasteiger partial charge in [0.15, 0.2) is 0 Å². The second-order valence-electron chi connectivity index (χ2n) is 6.25. The maximum absolute atomic E-state index is 12.6. The van der Waals surface area contributed by atoms with Crippen LogP contribution < -0.4 is 5.56 Å². The maximum atomic E-state index is 12.6. The number of aromatic nitrogens is 2. The maximum Gasteiger partial charge on any atom is 0.313 e. The summed E-state index contributed by atoms with van der Waals surface area (Å²) in [4.78, 5) is 43.0. The highest BCUT2D eigenvalue weighted by atomic mass is 32.1. The van der Waals surface area contributed by atoms with E-state index in [2.05, 4.69) is 4.98 Å². The Morgan fingerprint density at radius 3 is 3.00 bits per heavy atom. The lowest BCUT2D eigenvalue weighted by molar-refractivity contribution is -0.159. The average Bonchev–Trinajstić information content (AvgIpc) is 3.07. The summed E-state index contributed by atoms with van der Waals surface area (Å²) < 4.78 is 6.34. The van der Waals surface area contributed by atoms with Gasteiger partial charge >= 0.3 is 5.97 Å². The Kier molecular flexibility index (Phi) is 4.87. The molecule has 2 aromatic rings. The highest BCUT2D eigenvalue weighted by Gasteiger charge is 2.43. The third-order valence-electron chi connectivity index (χ3n) is 4.56. The number of carbonyl (C=O) groups is 2. The Bertz CT molecular complexity index is 857. The summed E-state index contributed by atoms with van der Waals surface area (Å²) in [7, 11) is 1.45. The van der Waals surface area contributed by atoms with E-state index < -0.39 is 11.4 Å². The third-order valence-corrected chi connectivity index (χ3v) is 5.38. The number of ether oxygens (including phenoxy) is 1. The normalized spacial score (nSPS) is 20.8. The summed E-state index contributed by atoms with van der Waals surface area (Å²) >= 11 is 1.37. The fourth-order valence-corrected chi connectivity index (χ4v) is 3.95. The van der Waals surface area contributed by atoms with E-state index in [4.69, 9.17) is 4.74 Å². The van der Waals surface area contributed by atoms with Crippen LogP contribution >= 0.6 is 11.3 Å². The van der Waals surface area contributed by atoms with Gasteiger partial charge < -0.3 is 14.7 Å². The number of carboxylic acids is 1. The lowest BCUT2D eigenvalue weighted by atomic mass is 9.80. The molecule has 3 heterocycles. The van der Waals surface area contributed by atoms with Crippen LogP contribution in [0, 0.1) is 5.41 Å². The minimum absolute atomic E-state index is 0.0501. The van der Waals surface area contributed by atoms with Crippen LogP contribution in [-0.4, -0.2) is 58.2 Å². The summed E-state index contributed by atoms with van der Waals surface area (Å²) in [5.74, 6) is -1.26. The summed E-state index contributed by atoms with van der Waals surface area (Å²) in [6, 6.07) is 1.69. The van der Waals surface area contributed by atoms with Gasteiger partial charge in [-0.1, -0.05) is 0 Å². The number of likely N-dealkylation sites (tertiary alicyclic amines) is 1. The second kappa shape index (κ2) is 6.93. The fourth-order valence-electron chi connectivity index (χ4n) is 3.23. The Balaban J connectivity index is 1.79. The van der Waals surface area contributed by atoms with Crippen molar-refractivity contribution in [2.75, 3.05) is 26.8 Å². The zero-order valence-electron chi connectivity index (χ0n) is 13.8. The predicted molar refractivity (Wildman–Crippen MR) is 91.6 cm³/mol. The molecular formula is C16H19N3O5S. The van der Waals surface area contributed by atoms with Gasteiger partial charge in [0.2, 0.25) is 5.91 Å². The molecule has 0 aromatic carbocycles. The van der Waals surface area contributed by atoms with Crippen molar-refractivity contribution >= 4 is 33.4 Å². The van der Waals surface area contributed by atoms with Gasteiger partial charge in [0.05, 0.1) is 18.3 Å². The van der Waals surface area contributed by atoms with Crippen molar-refractivity contribution in [3.8, 4) is 0 Å². The van der Waals surface area contributed by atoms with Gasteiger partial charge in [-0.25, -0.2) is 4.98 Å². The molecule has 8 nitrogen and oxygen atoms in total. The molecule has 2 aromatic heterocycles. The van der Waals surface area contributed by atoms with Gasteiger partial charge in [-0.15, -0.1) is 11.3 Å². The SMILES string of the molecule is COCC1(C(=O)O)CCCN(C(=O)Cn2cnc3sccc3c2=O)C1. The molecule has 9 heteroatoms. The molecule has 1 aliphatic heterocycles. The molecule has 0 spiro atoms. The van der Waals surface area contributed by atoms with E-state index in [0.717, 1.165) is 0 Å². The topological polar surface area (TPSA) is 102 Å². The molecular weight excluding hydrogens is 346 g/mol. The average molecular weight is 365 g/mol. The predicted octanol–water partition coefficient (Wildman–Crippen LogP) is 0.798. The first-order valence-corrected chi connectivity index (χ1v) is 8.77. The van der Waals surface area contributed by atoms with Gasteiger partial charge in [0.1, 0.15) is 16.8 Å². The first-order chi connectivity index (χ1) is 12.0. The number of hydrogen-bond acceptors (Lipinski definition) is 6. The molecule has 1 N–H and O–H groups in total. The van der Waals surface area contributed by atoms with Gasteiger partial charge in [-0.05, 0) is 24.3 Å². The molecule has 134 valence electrons. The number of carbonyl (C=O) groups excluding carboxylic acids is 1. The number of amides is 1. The Morgan fingerprint density at radius 1 is 1.48 bits per heavy atom. The molecule has 0 radical (unpaired) electrons. The first-order valence-electron chi connectivity index (χ1n) is 7.89. The molecule has 1 saturated heterocycles. The van der Waals surface area contributed by atoms with Crippen LogP contribution in [0.25, 0.3) is 10.2 Å². The van der Waals surface area contributed by atoms with Gasteiger partial charge in [-0.3, -0.25) is 19.0 Å². The highest BCUT2D eigenvalue weighted by molar-refractivity contribution is 7.16. The molecule has 1 unspecified atom stereocenters. The van der Waals surface area contributed by atoms with E-state index in [1.54, 1.807) is 11.4 Å². The molecule has 0 saturated carbocycles. The molecule has 1 fully saturated rings. The molecule has 0 bridgehead atoms. The fraction of sp³-hybridized carbons (Fsp3) is 0.500. The molecule has 25 heavy (non-hydrogen) atoms. The quantitative estimate of drug-likeness (QED) is 0.841. The van der Waals surface area contributed by atoms with Crippen molar-refractivity contribution < 1.29 is 19.4 Å². The van der Waals surface area contributed by atoms with E-state index in [1.807, 2.05) is 0 Å². The van der Waals surface area contributed by atoms with Crippen LogP contribution in [0.5, 0.6) is 0 Å². The van der Waals surface area contributed by atoms with Crippen LogP contribution in [0.4, 0.5) is 0 Å². The number of carboxylic acid groups (broad SMARTS) is 1. The van der Waals surface area contributed by atoms with Crippen LogP contribution in [0.15, 0.2) is 22.6 Å². The summed E-state index contributed by atoms with van der Waals surface area (Å²) in [5.41, 5.74) is -1.36. The van der Waals surface area contributed by atoms with Crippen molar-refractivity contribution in [1.29, 1.82) is 0 Å². The van der Waals surface area contributed by atoms with Crippen LogP contribution in [0.1, 0.15) is 12.8 Å². The lowest BCUT2D eigenvalue weighted by Crippen LogP contribution is -2.53. The number of hydrogen-bond donors (Lipinski definition) is 1. The largest absolute Gasteiger partial charge is 0.481 e. The zero-order chi connectivity index (χ0) is 18.0. The monoisotopic (exact) mass is 365 g/mol. The minimum Gasteiger partial charge on any atom is -0.481 e. The highest BCUT2D eigenvalue weighted by Crippen LogP contribution is 2.31. The molecule has 1 amide bonds. The van der Waals surface area contributed by atoms with Gasteiger partial charge in [-0.2, -0.15) is 0 Å². The number of methoxy groups -OCH3 is 1. The number of aliphatic carboxylic acids is 1. The van der Waals surface area contributed by atoms with Crippen LogP contribution in [-0.2, 0) is 20.9 Å². The summed E-state index contributed by atoms with van der Waals surface area (Å²) in [5, 5.41) is 11.8. The summed E-state index contributed by atoms with van der Waals surface area (Å²) in [6.45, 7) is 0.452. The lowest BCUT2D eigenvalue weighted by Gasteiger charge is -2.39. The Morgan fingerprint density at radius 2 is 2.28 bits per heavy atom. The Hall–Kier alpha value is -2.26. The van der Waals surface area contributed by atoms with Crippen LogP contribution in [0.2, 0.25) is 0 Å². The van der Waals surface area contributed by atoms with Gasteiger partial charge in [0.25, 0.3) is 5.56 Å². The number of thiophene rings is 1. The zero-order valence-corrected chi connectivity index (χ0v) is 14.6. The Labute approximate surface area is 147 Å². The smallest absolute Gasteiger partial charge is 0.313 e. The second-order valence-corrected chi connectivity index (χ2v) is 7.15. The van der Waals surface area contributed by atoms with E-state index in [9.17, 15) is 19.5 Å². The molecule has 3 rings (SSSR count). The summed E-state index contributed by atoms with van der Waals surface area (Å²) in [6.07, 6.45) is 2.41. The van der Waals surface area contributed by atoms with Crippen molar-refractivity contribution in [2.24, 2.45) is 5.41 Å². The third kappa shape index (κ3) is 3.29. The molecule has 1 aliphatic rings. The van der Waals surface area contributed by atoms with Crippen molar-refractivity contribution in [3.63, 3.8) is 0 Å². The standard InChI is InChI=1S/C16H19N3O5S/c1-24-9-16(15(22)23)4-2-5-18(8-16)12(20)7-19-10-17-13-11(14(19)21)3-6-25-13/h3,6,10H,2,4-5,7-9H2,1H3,(H,22,23). The molecule has 1 atom stereocenters. The minimum atomic E-state index is -1.09. The first kappa shape index (κ1) is 17.6. The molecule has 0 aliphatic carbocycles. The number of piperidine rings is 1. The van der Waals surface area contributed by atoms with Crippen molar-refractivity contribution in [1.82, 2.24) is 14.5 Å². The van der Waals surface area contributed by atoms with Crippen molar-refractivity contribution in [2.45, 2.75) is 19.4 Å².